The number of rotatable bonds is 5. The average Bonchev–Trinajstić information content (AvgIpc) is 2.42. The van der Waals surface area contributed by atoms with Crippen LogP contribution in [0.1, 0.15) is 34.8 Å². The number of hydrogen-bond donors (Lipinski definition) is 1. The Labute approximate surface area is 120 Å². The van der Waals surface area contributed by atoms with Gasteiger partial charge in [0.15, 0.2) is 0 Å². The van der Waals surface area contributed by atoms with Gasteiger partial charge in [0.05, 0.1) is 0 Å². The minimum Gasteiger partial charge on any atom is -0.313 e. The number of nitrogens with one attached hydrogen (secondary N) is 1. The highest BCUT2D eigenvalue weighted by Gasteiger charge is 2.17. The summed E-state index contributed by atoms with van der Waals surface area (Å²) < 4.78 is 14.2. The van der Waals surface area contributed by atoms with Gasteiger partial charge in [-0.2, -0.15) is 0 Å². The van der Waals surface area contributed by atoms with Gasteiger partial charge in [-0.3, -0.25) is 4.98 Å². The first-order valence-corrected chi connectivity index (χ1v) is 6.95. The summed E-state index contributed by atoms with van der Waals surface area (Å²) in [7, 11) is 1.88. The largest absolute Gasteiger partial charge is 0.313 e. The first-order chi connectivity index (χ1) is 9.61. The molecule has 0 bridgehead atoms. The van der Waals surface area contributed by atoms with Crippen LogP contribution in [0.15, 0.2) is 36.5 Å². The summed E-state index contributed by atoms with van der Waals surface area (Å²) in [5.41, 5.74) is 3.78. The Morgan fingerprint density at radius 3 is 2.65 bits per heavy atom. The maximum atomic E-state index is 14.2. The van der Waals surface area contributed by atoms with Crippen LogP contribution in [0.4, 0.5) is 4.39 Å². The second-order valence-corrected chi connectivity index (χ2v) is 5.18. The van der Waals surface area contributed by atoms with E-state index in [4.69, 9.17) is 0 Å². The molecule has 2 rings (SSSR count). The van der Waals surface area contributed by atoms with E-state index in [0.717, 1.165) is 35.2 Å². The fourth-order valence-electron chi connectivity index (χ4n) is 2.64. The van der Waals surface area contributed by atoms with Crippen LogP contribution in [0.2, 0.25) is 0 Å². The van der Waals surface area contributed by atoms with Crippen molar-refractivity contribution in [1.82, 2.24) is 10.3 Å². The number of nitrogens with zero attached hydrogens (tertiary/aromatic N) is 1. The molecule has 2 aromatic rings. The average molecular weight is 272 g/mol. The Kier molecular flexibility index (Phi) is 4.85. The molecule has 1 aromatic carbocycles. The number of halogens is 1. The molecule has 0 radical (unpaired) electrons. The van der Waals surface area contributed by atoms with Crippen molar-refractivity contribution >= 4 is 0 Å². The number of pyridine rings is 1. The third-order valence-electron chi connectivity index (χ3n) is 3.59. The zero-order valence-corrected chi connectivity index (χ0v) is 12.3. The molecule has 0 fully saturated rings. The van der Waals surface area contributed by atoms with Gasteiger partial charge >= 0.3 is 0 Å². The molecule has 0 aliphatic heterocycles. The Balaban J connectivity index is 2.17. The van der Waals surface area contributed by atoms with Gasteiger partial charge in [-0.1, -0.05) is 12.1 Å². The lowest BCUT2D eigenvalue weighted by Crippen LogP contribution is -2.20. The van der Waals surface area contributed by atoms with Gasteiger partial charge in [-0.25, -0.2) is 4.39 Å². The maximum Gasteiger partial charge on any atom is 0.128 e. The molecule has 0 spiro atoms. The zero-order chi connectivity index (χ0) is 14.5. The fraction of sp³-hybridized carbons (Fsp3) is 0.353. The van der Waals surface area contributed by atoms with Crippen LogP contribution in [0.5, 0.6) is 0 Å². The standard InChI is InChI=1S/C17H21FN2/c1-12-10-13(2)17(15(18)11-12)16(19-3)8-7-14-6-4-5-9-20-14/h4-6,9-11,16,19H,7-8H2,1-3H3. The van der Waals surface area contributed by atoms with E-state index in [1.165, 1.54) is 0 Å². The summed E-state index contributed by atoms with van der Waals surface area (Å²) in [6.07, 6.45) is 3.45. The monoisotopic (exact) mass is 272 g/mol. The lowest BCUT2D eigenvalue weighted by molar-refractivity contribution is 0.503. The van der Waals surface area contributed by atoms with Crippen molar-refractivity contribution in [1.29, 1.82) is 0 Å². The lowest BCUT2D eigenvalue weighted by atomic mass is 9.95. The number of benzene rings is 1. The third kappa shape index (κ3) is 3.42. The van der Waals surface area contributed by atoms with Crippen LogP contribution >= 0.6 is 0 Å². The SMILES string of the molecule is CNC(CCc1ccccn1)c1c(C)cc(C)cc1F. The van der Waals surface area contributed by atoms with E-state index in [9.17, 15) is 4.39 Å². The highest BCUT2D eigenvalue weighted by atomic mass is 19.1. The normalized spacial score (nSPS) is 12.4. The molecule has 0 amide bonds. The van der Waals surface area contributed by atoms with Gasteiger partial charge < -0.3 is 5.32 Å². The van der Waals surface area contributed by atoms with Crippen LogP contribution in [-0.2, 0) is 6.42 Å². The van der Waals surface area contributed by atoms with Crippen LogP contribution in [0.25, 0.3) is 0 Å². The summed E-state index contributed by atoms with van der Waals surface area (Å²) in [6.45, 7) is 3.89. The predicted molar refractivity (Wildman–Crippen MR) is 80.2 cm³/mol. The molecule has 20 heavy (non-hydrogen) atoms. The third-order valence-corrected chi connectivity index (χ3v) is 3.59. The summed E-state index contributed by atoms with van der Waals surface area (Å²) in [5.74, 6) is -0.122. The molecule has 1 unspecified atom stereocenters. The van der Waals surface area contributed by atoms with Crippen molar-refractivity contribution in [3.05, 3.63) is 64.7 Å². The molecule has 0 saturated heterocycles. The molecule has 106 valence electrons. The van der Waals surface area contributed by atoms with E-state index in [1.54, 1.807) is 12.3 Å². The first kappa shape index (κ1) is 14.7. The molecule has 1 heterocycles. The smallest absolute Gasteiger partial charge is 0.128 e. The van der Waals surface area contributed by atoms with Crippen molar-refractivity contribution in [3.63, 3.8) is 0 Å². The fourth-order valence-corrected chi connectivity index (χ4v) is 2.64. The van der Waals surface area contributed by atoms with Crippen molar-refractivity contribution in [2.45, 2.75) is 32.7 Å². The van der Waals surface area contributed by atoms with E-state index in [-0.39, 0.29) is 11.9 Å². The van der Waals surface area contributed by atoms with Crippen molar-refractivity contribution < 1.29 is 4.39 Å². The Morgan fingerprint density at radius 2 is 2.05 bits per heavy atom. The molecule has 2 nitrogen and oxygen atoms in total. The summed E-state index contributed by atoms with van der Waals surface area (Å²) in [5, 5.41) is 3.22. The molecule has 0 aliphatic carbocycles. The molecular formula is C17H21FN2. The van der Waals surface area contributed by atoms with Gasteiger partial charge in [-0.15, -0.1) is 0 Å². The molecular weight excluding hydrogens is 251 g/mol. The Bertz CT molecular complexity index is 543. The molecule has 3 heteroatoms. The lowest BCUT2D eigenvalue weighted by Gasteiger charge is -2.20. The molecule has 0 saturated carbocycles. The predicted octanol–water partition coefficient (Wildman–Crippen LogP) is 3.73. The van der Waals surface area contributed by atoms with Crippen LogP contribution in [-0.4, -0.2) is 12.0 Å². The second-order valence-electron chi connectivity index (χ2n) is 5.18. The van der Waals surface area contributed by atoms with Crippen LogP contribution < -0.4 is 5.32 Å². The molecule has 1 aromatic heterocycles. The van der Waals surface area contributed by atoms with Crippen molar-refractivity contribution in [2.24, 2.45) is 0 Å². The second kappa shape index (κ2) is 6.62. The summed E-state index contributed by atoms with van der Waals surface area (Å²) in [4.78, 5) is 4.32. The first-order valence-electron chi connectivity index (χ1n) is 6.95. The maximum absolute atomic E-state index is 14.2. The Hall–Kier alpha value is -1.74. The van der Waals surface area contributed by atoms with Crippen LogP contribution in [0, 0.1) is 19.7 Å². The minimum absolute atomic E-state index is 0.0117. The van der Waals surface area contributed by atoms with Gasteiger partial charge in [0, 0.05) is 23.5 Å². The van der Waals surface area contributed by atoms with Crippen molar-refractivity contribution in [3.8, 4) is 0 Å². The van der Waals surface area contributed by atoms with E-state index >= 15 is 0 Å². The van der Waals surface area contributed by atoms with E-state index in [2.05, 4.69) is 10.3 Å². The minimum atomic E-state index is -0.122. The van der Waals surface area contributed by atoms with Gasteiger partial charge in [0.1, 0.15) is 5.82 Å². The number of hydrogen-bond acceptors (Lipinski definition) is 2. The van der Waals surface area contributed by atoms with Gasteiger partial charge in [0.2, 0.25) is 0 Å². The van der Waals surface area contributed by atoms with Crippen molar-refractivity contribution in [2.75, 3.05) is 7.05 Å². The number of aryl methyl sites for hydroxylation is 3. The number of aromatic nitrogens is 1. The highest BCUT2D eigenvalue weighted by molar-refractivity contribution is 5.34. The molecule has 0 aliphatic rings. The summed E-state index contributed by atoms with van der Waals surface area (Å²) in [6, 6.07) is 9.54. The molecule has 1 atom stereocenters. The summed E-state index contributed by atoms with van der Waals surface area (Å²) >= 11 is 0. The zero-order valence-electron chi connectivity index (χ0n) is 12.3. The van der Waals surface area contributed by atoms with Crippen LogP contribution in [0.3, 0.4) is 0 Å². The van der Waals surface area contributed by atoms with E-state index in [1.807, 2.05) is 45.2 Å². The van der Waals surface area contributed by atoms with Gasteiger partial charge in [0.25, 0.3) is 0 Å². The highest BCUT2D eigenvalue weighted by Crippen LogP contribution is 2.26. The van der Waals surface area contributed by atoms with Gasteiger partial charge in [-0.05, 0) is 63.1 Å². The Morgan fingerprint density at radius 1 is 1.25 bits per heavy atom. The topological polar surface area (TPSA) is 24.9 Å². The van der Waals surface area contributed by atoms with E-state index < -0.39 is 0 Å². The quantitative estimate of drug-likeness (QED) is 0.897. The van der Waals surface area contributed by atoms with E-state index in [0.29, 0.717) is 0 Å². The molecule has 1 N–H and O–H groups in total.